The fraction of sp³-hybridized carbons (Fsp3) is 1.00. The molecule has 0 aliphatic carbocycles. The molecule has 0 aromatic heterocycles. The van der Waals surface area contributed by atoms with Crippen LogP contribution >= 0.6 is 0 Å². The van der Waals surface area contributed by atoms with Gasteiger partial charge in [-0.1, -0.05) is 39.5 Å². The largest absolute Gasteiger partial charge is 0.372 e. The third-order valence-electron chi connectivity index (χ3n) is 4.20. The van der Waals surface area contributed by atoms with E-state index in [-0.39, 0.29) is 17.6 Å². The van der Waals surface area contributed by atoms with Crippen molar-refractivity contribution in [3.8, 4) is 0 Å². The highest BCUT2D eigenvalue weighted by Crippen LogP contribution is 2.39. The lowest BCUT2D eigenvalue weighted by Crippen LogP contribution is -2.36. The Bertz CT molecular complexity index is 270. The summed E-state index contributed by atoms with van der Waals surface area (Å²) in [5.74, 6) is 1.01. The van der Waals surface area contributed by atoms with Crippen LogP contribution < -0.4 is 0 Å². The van der Waals surface area contributed by atoms with Crippen molar-refractivity contribution in [3.05, 3.63) is 0 Å². The van der Waals surface area contributed by atoms with Crippen molar-refractivity contribution in [1.82, 2.24) is 5.39 Å². The lowest BCUT2D eigenvalue weighted by atomic mass is 9.82. The number of hydrogen-bond donors (Lipinski definition) is 2. The lowest BCUT2D eigenvalue weighted by Gasteiger charge is -2.25. The number of nitrogens with zero attached hydrogens (tertiary/aromatic N) is 1. The van der Waals surface area contributed by atoms with E-state index >= 15 is 0 Å². The lowest BCUT2D eigenvalue weighted by molar-refractivity contribution is -0.507. The van der Waals surface area contributed by atoms with E-state index in [4.69, 9.17) is 24.7 Å². The Morgan fingerprint density at radius 2 is 1.74 bits per heavy atom. The van der Waals surface area contributed by atoms with Gasteiger partial charge in [-0.3, -0.25) is 10.4 Å². The first-order chi connectivity index (χ1) is 9.17. The van der Waals surface area contributed by atoms with E-state index < -0.39 is 6.10 Å². The highest BCUT2D eigenvalue weighted by atomic mass is 17.1. The van der Waals surface area contributed by atoms with Crippen LogP contribution in [0.5, 0.6) is 0 Å². The van der Waals surface area contributed by atoms with Crippen molar-refractivity contribution in [2.75, 3.05) is 13.2 Å². The standard InChI is InChI=1S/C13H25NO5/c1-3-5-9(6-4-2)10-7-17-13-11(19-14(15)16)8-18-12(10)13/h9-13,15-16H,3-8H2,1-2H3/t10-,11-,12-,13-/m1/s1. The van der Waals surface area contributed by atoms with Gasteiger partial charge in [0.25, 0.3) is 0 Å². The molecule has 2 fully saturated rings. The van der Waals surface area contributed by atoms with Gasteiger partial charge in [-0.15, -0.1) is 0 Å². The van der Waals surface area contributed by atoms with Crippen LogP contribution in [-0.4, -0.2) is 47.3 Å². The van der Waals surface area contributed by atoms with Crippen molar-refractivity contribution in [1.29, 1.82) is 0 Å². The Morgan fingerprint density at radius 3 is 2.32 bits per heavy atom. The van der Waals surface area contributed by atoms with Gasteiger partial charge in [0.15, 0.2) is 0 Å². The van der Waals surface area contributed by atoms with Gasteiger partial charge in [0.2, 0.25) is 0 Å². The summed E-state index contributed by atoms with van der Waals surface area (Å²) in [5, 5.41) is 17.2. The summed E-state index contributed by atoms with van der Waals surface area (Å²) >= 11 is 0. The first-order valence-electron chi connectivity index (χ1n) is 7.25. The maximum atomic E-state index is 8.73. The normalized spacial score (nSPS) is 34.4. The summed E-state index contributed by atoms with van der Waals surface area (Å²) in [6.07, 6.45) is 4.10. The second-order valence-corrected chi connectivity index (χ2v) is 5.49. The van der Waals surface area contributed by atoms with Crippen molar-refractivity contribution in [2.24, 2.45) is 11.8 Å². The van der Waals surface area contributed by atoms with Gasteiger partial charge in [0.1, 0.15) is 12.2 Å². The molecule has 6 nitrogen and oxygen atoms in total. The molecule has 4 atom stereocenters. The first kappa shape index (κ1) is 15.2. The molecule has 0 unspecified atom stereocenters. The van der Waals surface area contributed by atoms with Gasteiger partial charge in [-0.25, -0.2) is 4.84 Å². The maximum absolute atomic E-state index is 8.73. The smallest absolute Gasteiger partial charge is 0.136 e. The van der Waals surface area contributed by atoms with Crippen LogP contribution in [0.1, 0.15) is 39.5 Å². The molecule has 19 heavy (non-hydrogen) atoms. The SMILES string of the molecule is CCCC(CCC)[C@H]1CO[C@H]2[C@@H]1OC[C@H]2ON(O)O. The zero-order valence-electron chi connectivity index (χ0n) is 11.7. The van der Waals surface area contributed by atoms with Gasteiger partial charge in [0, 0.05) is 5.92 Å². The van der Waals surface area contributed by atoms with Crippen molar-refractivity contribution >= 4 is 0 Å². The summed E-state index contributed by atoms with van der Waals surface area (Å²) < 4.78 is 11.6. The minimum Gasteiger partial charge on any atom is -0.372 e. The van der Waals surface area contributed by atoms with E-state index in [2.05, 4.69) is 13.8 Å². The van der Waals surface area contributed by atoms with Crippen LogP contribution in [0.4, 0.5) is 0 Å². The van der Waals surface area contributed by atoms with E-state index in [1.807, 2.05) is 0 Å². The number of ether oxygens (including phenoxy) is 2. The van der Waals surface area contributed by atoms with Gasteiger partial charge in [-0.05, 0) is 5.92 Å². The maximum Gasteiger partial charge on any atom is 0.136 e. The minimum absolute atomic E-state index is 0.0213. The van der Waals surface area contributed by atoms with E-state index in [0.29, 0.717) is 25.0 Å². The molecular weight excluding hydrogens is 250 g/mol. The Balaban J connectivity index is 1.95. The van der Waals surface area contributed by atoms with Crippen LogP contribution in [0.3, 0.4) is 0 Å². The first-order valence-corrected chi connectivity index (χ1v) is 7.25. The van der Waals surface area contributed by atoms with Crippen LogP contribution in [0.2, 0.25) is 0 Å². The van der Waals surface area contributed by atoms with Crippen molar-refractivity contribution in [2.45, 2.75) is 57.8 Å². The number of fused-ring (bicyclic) bond motifs is 1. The zero-order chi connectivity index (χ0) is 13.8. The molecular formula is C13H25NO5. The summed E-state index contributed by atoms with van der Waals surface area (Å²) in [7, 11) is 0. The quantitative estimate of drug-likeness (QED) is 0.692. The molecule has 6 heteroatoms. The number of hydrogen-bond acceptors (Lipinski definition) is 6. The minimum atomic E-state index is -0.436. The fourth-order valence-corrected chi connectivity index (χ4v) is 3.42. The van der Waals surface area contributed by atoms with Gasteiger partial charge in [-0.2, -0.15) is 0 Å². The third kappa shape index (κ3) is 3.45. The molecule has 2 rings (SSSR count). The van der Waals surface area contributed by atoms with Gasteiger partial charge in [0.05, 0.1) is 24.7 Å². The molecule has 0 spiro atoms. The van der Waals surface area contributed by atoms with Gasteiger partial charge < -0.3 is 9.47 Å². The Kier molecular flexibility index (Phi) is 5.56. The summed E-state index contributed by atoms with van der Waals surface area (Å²) in [6, 6.07) is 0. The molecule has 2 saturated heterocycles. The zero-order valence-corrected chi connectivity index (χ0v) is 11.7. The second kappa shape index (κ2) is 6.97. The molecule has 2 N–H and O–H groups in total. The molecule has 0 saturated carbocycles. The molecule has 112 valence electrons. The summed E-state index contributed by atoms with van der Waals surface area (Å²) in [5.41, 5.74) is 0. The highest BCUT2D eigenvalue weighted by molar-refractivity contribution is 4.96. The Labute approximate surface area is 114 Å². The fourth-order valence-electron chi connectivity index (χ4n) is 3.42. The van der Waals surface area contributed by atoms with Crippen LogP contribution in [0.15, 0.2) is 0 Å². The summed E-state index contributed by atoms with van der Waals surface area (Å²) in [6.45, 7) is 5.42. The van der Waals surface area contributed by atoms with E-state index in [1.54, 1.807) is 0 Å². The molecule has 2 heterocycles. The average Bonchev–Trinajstić information content (AvgIpc) is 2.91. The monoisotopic (exact) mass is 275 g/mol. The molecule has 0 amide bonds. The molecule has 0 bridgehead atoms. The van der Waals surface area contributed by atoms with E-state index in [1.165, 1.54) is 25.7 Å². The van der Waals surface area contributed by atoms with Gasteiger partial charge >= 0.3 is 0 Å². The third-order valence-corrected chi connectivity index (χ3v) is 4.20. The van der Waals surface area contributed by atoms with Crippen molar-refractivity contribution in [3.63, 3.8) is 0 Å². The average molecular weight is 275 g/mol. The second-order valence-electron chi connectivity index (χ2n) is 5.49. The number of rotatable bonds is 7. The summed E-state index contributed by atoms with van der Waals surface area (Å²) in [4.78, 5) is 4.87. The molecule has 2 aliphatic heterocycles. The molecule has 0 aromatic carbocycles. The van der Waals surface area contributed by atoms with Crippen LogP contribution in [-0.2, 0) is 14.3 Å². The molecule has 0 aromatic rings. The van der Waals surface area contributed by atoms with Crippen LogP contribution in [0.25, 0.3) is 0 Å². The highest BCUT2D eigenvalue weighted by Gasteiger charge is 2.50. The van der Waals surface area contributed by atoms with Crippen LogP contribution in [0, 0.1) is 11.8 Å². The van der Waals surface area contributed by atoms with E-state index in [9.17, 15) is 0 Å². The Morgan fingerprint density at radius 1 is 1.11 bits per heavy atom. The Hall–Kier alpha value is -0.240. The van der Waals surface area contributed by atoms with Crippen molar-refractivity contribution < 1.29 is 24.7 Å². The predicted molar refractivity (Wildman–Crippen MR) is 66.6 cm³/mol. The van der Waals surface area contributed by atoms with E-state index in [0.717, 1.165) is 0 Å². The molecule has 0 radical (unpaired) electrons. The topological polar surface area (TPSA) is 71.4 Å². The molecule has 2 aliphatic rings. The predicted octanol–water partition coefficient (Wildman–Crippen LogP) is 2.00.